The van der Waals surface area contributed by atoms with E-state index < -0.39 is 0 Å². The summed E-state index contributed by atoms with van der Waals surface area (Å²) in [7, 11) is 3.99. The summed E-state index contributed by atoms with van der Waals surface area (Å²) in [4.78, 5) is 26.1. The number of fused-ring (bicyclic) bond motifs is 1. The fourth-order valence-electron chi connectivity index (χ4n) is 4.55. The number of benzene rings is 2. The van der Waals surface area contributed by atoms with Gasteiger partial charge in [-0.2, -0.15) is 0 Å². The van der Waals surface area contributed by atoms with Gasteiger partial charge in [0, 0.05) is 55.9 Å². The van der Waals surface area contributed by atoms with Crippen molar-refractivity contribution in [1.29, 1.82) is 0 Å². The van der Waals surface area contributed by atoms with E-state index in [4.69, 9.17) is 4.74 Å². The highest BCUT2D eigenvalue weighted by atomic mass is 16.5. The second-order valence-electron chi connectivity index (χ2n) is 10.4. The maximum Gasteiger partial charge on any atom is 0.230 e. The Hall–Kier alpha value is -3.97. The van der Waals surface area contributed by atoms with Crippen LogP contribution < -0.4 is 10.1 Å². The van der Waals surface area contributed by atoms with Gasteiger partial charge in [-0.05, 0) is 79.6 Å². The largest absolute Gasteiger partial charge is 0.457 e. The number of rotatable bonds is 7. The molecule has 196 valence electrons. The Balaban J connectivity index is 1.33. The van der Waals surface area contributed by atoms with E-state index in [0.717, 1.165) is 78.3 Å². The van der Waals surface area contributed by atoms with Crippen LogP contribution in [0.5, 0.6) is 11.5 Å². The lowest BCUT2D eigenvalue weighted by Crippen LogP contribution is -2.46. The van der Waals surface area contributed by atoms with Gasteiger partial charge in [-0.1, -0.05) is 25.6 Å². The number of likely N-dealkylation sites (N-methyl/N-ethyl adjacent to an activating group) is 1. The van der Waals surface area contributed by atoms with Gasteiger partial charge in [-0.25, -0.2) is 0 Å². The first-order valence-electron chi connectivity index (χ1n) is 13.1. The number of nitrogens with one attached hydrogen (secondary N) is 1. The van der Waals surface area contributed by atoms with Crippen molar-refractivity contribution in [3.8, 4) is 11.5 Å². The van der Waals surface area contributed by atoms with Gasteiger partial charge in [0.15, 0.2) is 0 Å². The molecule has 7 heteroatoms. The number of hydrogen-bond donors (Lipinski definition) is 1. The molecule has 0 unspecified atom stereocenters. The minimum absolute atomic E-state index is 0.0795. The Morgan fingerprint density at radius 3 is 2.50 bits per heavy atom. The van der Waals surface area contributed by atoms with Crippen LogP contribution >= 0.6 is 0 Å². The van der Waals surface area contributed by atoms with Crippen molar-refractivity contribution in [1.82, 2.24) is 14.8 Å². The smallest absolute Gasteiger partial charge is 0.230 e. The number of hydrogen-bond acceptors (Lipinski definition) is 5. The standard InChI is InChI=1S/C31H35N5O2/c1-5-22(21-29(32-3)36-18-16-35(4)17-19-36)23-6-11-26-27(20-23)33-15-12-28(26)38-25-9-7-24(8-10-25)34-30(37)31(2)13-14-31/h5-12,15,20-21H,1,13-14,16-19H2,2-4H3,(H,34,37)/b22-21+,32-29?. The summed E-state index contributed by atoms with van der Waals surface area (Å²) in [6, 6.07) is 15.5. The van der Waals surface area contributed by atoms with Gasteiger partial charge in [0.05, 0.1) is 5.52 Å². The van der Waals surface area contributed by atoms with E-state index in [2.05, 4.69) is 56.9 Å². The number of carbonyl (C=O) groups is 1. The monoisotopic (exact) mass is 509 g/mol. The van der Waals surface area contributed by atoms with Crippen molar-refractivity contribution in [2.75, 3.05) is 45.6 Å². The average molecular weight is 510 g/mol. The molecule has 0 bridgehead atoms. The van der Waals surface area contributed by atoms with Gasteiger partial charge < -0.3 is 19.9 Å². The van der Waals surface area contributed by atoms with E-state index in [1.165, 1.54) is 0 Å². The van der Waals surface area contributed by atoms with Crippen LogP contribution in [-0.4, -0.2) is 66.8 Å². The van der Waals surface area contributed by atoms with E-state index >= 15 is 0 Å². The summed E-state index contributed by atoms with van der Waals surface area (Å²) >= 11 is 0. The first-order chi connectivity index (χ1) is 18.4. The highest BCUT2D eigenvalue weighted by Crippen LogP contribution is 2.45. The van der Waals surface area contributed by atoms with Gasteiger partial charge in [0.2, 0.25) is 5.91 Å². The van der Waals surface area contributed by atoms with Crippen LogP contribution in [0.15, 0.2) is 78.5 Å². The molecule has 3 aromatic rings. The molecule has 5 rings (SSSR count). The molecule has 38 heavy (non-hydrogen) atoms. The summed E-state index contributed by atoms with van der Waals surface area (Å²) in [5.41, 5.74) is 3.42. The van der Waals surface area contributed by atoms with Crippen molar-refractivity contribution in [3.63, 3.8) is 0 Å². The number of piperazine rings is 1. The number of pyridine rings is 1. The molecular formula is C31H35N5O2. The normalized spacial score (nSPS) is 17.8. The zero-order valence-electron chi connectivity index (χ0n) is 22.4. The number of anilines is 1. The fourth-order valence-corrected chi connectivity index (χ4v) is 4.55. The van der Waals surface area contributed by atoms with E-state index in [0.29, 0.717) is 5.75 Å². The summed E-state index contributed by atoms with van der Waals surface area (Å²) in [6.45, 7) is 10.0. The predicted molar refractivity (Wildman–Crippen MR) is 155 cm³/mol. The summed E-state index contributed by atoms with van der Waals surface area (Å²) < 4.78 is 6.21. The third-order valence-electron chi connectivity index (χ3n) is 7.49. The topological polar surface area (TPSA) is 70.1 Å². The van der Waals surface area contributed by atoms with Crippen LogP contribution in [0.1, 0.15) is 25.3 Å². The van der Waals surface area contributed by atoms with Gasteiger partial charge in [-0.15, -0.1) is 0 Å². The fraction of sp³-hybridized carbons (Fsp3) is 0.323. The first kappa shape index (κ1) is 25.7. The molecule has 1 N–H and O–H groups in total. The highest BCUT2D eigenvalue weighted by molar-refractivity contribution is 6.02. The number of aliphatic imine (C=N–C) groups is 1. The third-order valence-corrected chi connectivity index (χ3v) is 7.49. The third kappa shape index (κ3) is 5.63. The summed E-state index contributed by atoms with van der Waals surface area (Å²) in [6.07, 6.45) is 7.62. The number of ether oxygens (including phenoxy) is 1. The molecule has 1 aromatic heterocycles. The van der Waals surface area contributed by atoms with Gasteiger partial charge >= 0.3 is 0 Å². The minimum Gasteiger partial charge on any atom is -0.457 e. The quantitative estimate of drug-likeness (QED) is 0.255. The molecule has 0 radical (unpaired) electrons. The number of carbonyl (C=O) groups excluding carboxylic acids is 1. The van der Waals surface area contributed by atoms with Crippen LogP contribution in [0, 0.1) is 5.41 Å². The number of allylic oxidation sites excluding steroid dienone is 2. The SMILES string of the molecule is C=C/C(=C\C(=NC)N1CCN(C)CC1)c1ccc2c(Oc3ccc(NC(=O)C4(C)CC4)cc3)ccnc2c1. The van der Waals surface area contributed by atoms with Crippen molar-refractivity contribution in [2.24, 2.45) is 10.4 Å². The molecule has 1 saturated heterocycles. The molecule has 1 amide bonds. The molecule has 0 spiro atoms. The molecule has 2 aromatic carbocycles. The Labute approximate surface area is 224 Å². The lowest BCUT2D eigenvalue weighted by atomic mass is 10.0. The van der Waals surface area contributed by atoms with Crippen LogP contribution in [0.2, 0.25) is 0 Å². The maximum absolute atomic E-state index is 12.3. The van der Waals surface area contributed by atoms with Crippen molar-refractivity contribution in [3.05, 3.63) is 79.0 Å². The van der Waals surface area contributed by atoms with Gasteiger partial charge in [0.25, 0.3) is 0 Å². The van der Waals surface area contributed by atoms with Gasteiger partial charge in [-0.3, -0.25) is 14.8 Å². The molecule has 2 heterocycles. The van der Waals surface area contributed by atoms with Crippen molar-refractivity contribution < 1.29 is 9.53 Å². The van der Waals surface area contributed by atoms with E-state index in [9.17, 15) is 4.79 Å². The molecule has 0 atom stereocenters. The van der Waals surface area contributed by atoms with Crippen LogP contribution in [0.3, 0.4) is 0 Å². The zero-order valence-corrected chi connectivity index (χ0v) is 22.4. The van der Waals surface area contributed by atoms with Crippen molar-refractivity contribution >= 4 is 33.9 Å². The number of nitrogens with zero attached hydrogens (tertiary/aromatic N) is 4. The Morgan fingerprint density at radius 2 is 1.84 bits per heavy atom. The molecule has 2 aliphatic rings. The van der Waals surface area contributed by atoms with E-state index in [-0.39, 0.29) is 11.3 Å². The highest BCUT2D eigenvalue weighted by Gasteiger charge is 2.44. The lowest BCUT2D eigenvalue weighted by molar-refractivity contribution is -0.120. The Morgan fingerprint density at radius 1 is 1.11 bits per heavy atom. The van der Waals surface area contributed by atoms with E-state index in [1.54, 1.807) is 6.20 Å². The predicted octanol–water partition coefficient (Wildman–Crippen LogP) is 5.61. The van der Waals surface area contributed by atoms with Gasteiger partial charge in [0.1, 0.15) is 17.3 Å². The average Bonchev–Trinajstić information content (AvgIpc) is 3.69. The molecule has 1 aliphatic heterocycles. The maximum atomic E-state index is 12.3. The molecule has 7 nitrogen and oxygen atoms in total. The van der Waals surface area contributed by atoms with Crippen LogP contribution in [0.4, 0.5) is 5.69 Å². The van der Waals surface area contributed by atoms with Crippen LogP contribution in [0.25, 0.3) is 16.5 Å². The molecule has 1 aliphatic carbocycles. The molecule has 2 fully saturated rings. The first-order valence-corrected chi connectivity index (χ1v) is 13.1. The Bertz CT molecular complexity index is 1400. The summed E-state index contributed by atoms with van der Waals surface area (Å²) in [5, 5.41) is 3.92. The van der Waals surface area contributed by atoms with Crippen molar-refractivity contribution in [2.45, 2.75) is 19.8 Å². The number of amidine groups is 1. The molecular weight excluding hydrogens is 474 g/mol. The number of amides is 1. The lowest BCUT2D eigenvalue weighted by Gasteiger charge is -2.33. The number of aromatic nitrogens is 1. The van der Waals surface area contributed by atoms with E-state index in [1.807, 2.05) is 56.4 Å². The minimum atomic E-state index is -0.208. The summed E-state index contributed by atoms with van der Waals surface area (Å²) in [5.74, 6) is 2.46. The zero-order chi connectivity index (χ0) is 26.7. The van der Waals surface area contributed by atoms with Crippen LogP contribution in [-0.2, 0) is 4.79 Å². The Kier molecular flexibility index (Phi) is 7.29. The second-order valence-corrected chi connectivity index (χ2v) is 10.4. The second kappa shape index (κ2) is 10.8. The molecule has 1 saturated carbocycles.